The van der Waals surface area contributed by atoms with Gasteiger partial charge in [0, 0.05) is 4.47 Å². The third-order valence-corrected chi connectivity index (χ3v) is 4.99. The molecule has 0 bridgehead atoms. The molecule has 1 saturated carbocycles. The molecule has 20 heavy (non-hydrogen) atoms. The molecule has 1 aromatic rings. The maximum absolute atomic E-state index is 6.26. The molecule has 3 rings (SSSR count). The molecule has 110 valence electrons. The van der Waals surface area contributed by atoms with Gasteiger partial charge in [0.25, 0.3) is 0 Å². The van der Waals surface area contributed by atoms with Gasteiger partial charge in [0.1, 0.15) is 12.4 Å². The predicted octanol–water partition coefficient (Wildman–Crippen LogP) is 4.21. The van der Waals surface area contributed by atoms with E-state index in [0.29, 0.717) is 12.3 Å². The van der Waals surface area contributed by atoms with E-state index in [1.54, 1.807) is 0 Å². The maximum Gasteiger partial charge on any atom is 0.145 e. The van der Waals surface area contributed by atoms with Crippen molar-refractivity contribution in [1.82, 2.24) is 0 Å². The molecule has 0 amide bonds. The minimum Gasteiger partial charge on any atom is -0.488 e. The summed E-state index contributed by atoms with van der Waals surface area (Å²) >= 11 is 3.44. The fourth-order valence-corrected chi connectivity index (χ4v) is 4.12. The van der Waals surface area contributed by atoms with Gasteiger partial charge < -0.3 is 15.2 Å². The fourth-order valence-electron chi connectivity index (χ4n) is 3.53. The summed E-state index contributed by atoms with van der Waals surface area (Å²) in [4.78, 5) is 0. The van der Waals surface area contributed by atoms with E-state index in [4.69, 9.17) is 15.2 Å². The van der Waals surface area contributed by atoms with Gasteiger partial charge in [-0.3, -0.25) is 0 Å². The first kappa shape index (κ1) is 14.2. The van der Waals surface area contributed by atoms with Gasteiger partial charge in [-0.25, -0.2) is 0 Å². The molecule has 4 heteroatoms. The van der Waals surface area contributed by atoms with Crippen LogP contribution in [0.3, 0.4) is 0 Å². The molecule has 1 spiro atoms. The average molecular weight is 340 g/mol. The average Bonchev–Trinajstić information content (AvgIpc) is 2.99. The third kappa shape index (κ3) is 2.82. The van der Waals surface area contributed by atoms with Gasteiger partial charge in [0.05, 0.1) is 17.4 Å². The lowest BCUT2D eigenvalue weighted by Gasteiger charge is -2.24. The second kappa shape index (κ2) is 5.57. The largest absolute Gasteiger partial charge is 0.488 e. The number of aryl methyl sites for hydroxylation is 1. The quantitative estimate of drug-likeness (QED) is 0.839. The number of nitrogens with two attached hydrogens (primary N) is 1. The predicted molar refractivity (Wildman–Crippen MR) is 84.1 cm³/mol. The second-order valence-electron chi connectivity index (χ2n) is 6.12. The van der Waals surface area contributed by atoms with Crippen molar-refractivity contribution >= 4 is 21.6 Å². The normalized spacial score (nSPS) is 24.4. The van der Waals surface area contributed by atoms with Gasteiger partial charge in [-0.15, -0.1) is 0 Å². The van der Waals surface area contributed by atoms with Crippen LogP contribution >= 0.6 is 15.9 Å². The van der Waals surface area contributed by atoms with Crippen molar-refractivity contribution in [3.63, 3.8) is 0 Å². The molecule has 0 aromatic heterocycles. The van der Waals surface area contributed by atoms with E-state index in [1.807, 2.05) is 19.1 Å². The maximum atomic E-state index is 6.26. The molecule has 2 fully saturated rings. The number of rotatable bonds is 3. The Morgan fingerprint density at radius 2 is 2.10 bits per heavy atom. The molecule has 2 N–H and O–H groups in total. The van der Waals surface area contributed by atoms with Crippen LogP contribution in [0.25, 0.3) is 0 Å². The lowest BCUT2D eigenvalue weighted by atomic mass is 9.98. The van der Waals surface area contributed by atoms with Crippen LogP contribution < -0.4 is 10.5 Å². The summed E-state index contributed by atoms with van der Waals surface area (Å²) in [7, 11) is 0. The Kier molecular flexibility index (Phi) is 3.95. The summed E-state index contributed by atoms with van der Waals surface area (Å²) in [5, 5.41) is 0. The highest BCUT2D eigenvalue weighted by molar-refractivity contribution is 9.10. The van der Waals surface area contributed by atoms with Crippen molar-refractivity contribution in [2.24, 2.45) is 0 Å². The highest BCUT2D eigenvalue weighted by Gasteiger charge is 2.42. The molecule has 3 nitrogen and oxygen atoms in total. The van der Waals surface area contributed by atoms with Gasteiger partial charge in [-0.05, 0) is 50.3 Å². The van der Waals surface area contributed by atoms with Gasteiger partial charge in [0.2, 0.25) is 0 Å². The zero-order chi connectivity index (χ0) is 14.2. The van der Waals surface area contributed by atoms with Crippen LogP contribution in [-0.2, 0) is 4.74 Å². The zero-order valence-corrected chi connectivity index (χ0v) is 13.5. The van der Waals surface area contributed by atoms with E-state index in [9.17, 15) is 0 Å². The summed E-state index contributed by atoms with van der Waals surface area (Å²) in [5.41, 5.74) is 7.95. The van der Waals surface area contributed by atoms with E-state index in [-0.39, 0.29) is 11.7 Å². The third-order valence-electron chi connectivity index (χ3n) is 4.54. The molecule has 1 aromatic carbocycles. The Morgan fingerprint density at radius 3 is 2.80 bits per heavy atom. The number of nitrogen functional groups attached to an aromatic ring is 1. The number of hydrogen-bond acceptors (Lipinski definition) is 3. The van der Waals surface area contributed by atoms with Crippen molar-refractivity contribution in [2.75, 3.05) is 12.3 Å². The molecule has 0 radical (unpaired) electrons. The van der Waals surface area contributed by atoms with Crippen LogP contribution in [0.5, 0.6) is 5.75 Å². The van der Waals surface area contributed by atoms with Crippen molar-refractivity contribution < 1.29 is 9.47 Å². The smallest absolute Gasteiger partial charge is 0.145 e. The SMILES string of the molecule is Cc1cc(Br)cc(N)c1OCC1CCC2(CCCC2)O1. The lowest BCUT2D eigenvalue weighted by molar-refractivity contribution is -0.0508. The second-order valence-corrected chi connectivity index (χ2v) is 7.04. The zero-order valence-electron chi connectivity index (χ0n) is 12.0. The standard InChI is InChI=1S/C16H22BrNO2/c1-11-8-12(17)9-14(18)15(11)19-10-13-4-7-16(20-13)5-2-3-6-16/h8-9,13H,2-7,10,18H2,1H3. The highest BCUT2D eigenvalue weighted by Crippen LogP contribution is 2.43. The van der Waals surface area contributed by atoms with Crippen LogP contribution in [0.15, 0.2) is 16.6 Å². The van der Waals surface area contributed by atoms with Gasteiger partial charge in [-0.1, -0.05) is 28.8 Å². The Labute approximate surface area is 129 Å². The molecular weight excluding hydrogens is 318 g/mol. The lowest BCUT2D eigenvalue weighted by Crippen LogP contribution is -2.27. The van der Waals surface area contributed by atoms with Crippen LogP contribution in [0.2, 0.25) is 0 Å². The van der Waals surface area contributed by atoms with Crippen molar-refractivity contribution in [1.29, 1.82) is 0 Å². The minimum absolute atomic E-state index is 0.175. The molecule has 1 aliphatic carbocycles. The first-order chi connectivity index (χ1) is 9.58. The van der Waals surface area contributed by atoms with E-state index in [2.05, 4.69) is 15.9 Å². The first-order valence-electron chi connectivity index (χ1n) is 7.44. The summed E-state index contributed by atoms with van der Waals surface area (Å²) in [6.45, 7) is 2.62. The summed E-state index contributed by atoms with van der Waals surface area (Å²) in [6, 6.07) is 3.91. The van der Waals surface area contributed by atoms with Crippen molar-refractivity contribution in [3.05, 3.63) is 22.2 Å². The number of ether oxygens (including phenoxy) is 2. The minimum atomic E-state index is 0.175. The Morgan fingerprint density at radius 1 is 1.35 bits per heavy atom. The Balaban J connectivity index is 1.61. The summed E-state index contributed by atoms with van der Waals surface area (Å²) in [6.07, 6.45) is 7.59. The number of hydrogen-bond donors (Lipinski definition) is 1. The van der Waals surface area contributed by atoms with Crippen LogP contribution in [0.1, 0.15) is 44.1 Å². The first-order valence-corrected chi connectivity index (χ1v) is 8.24. The number of benzene rings is 1. The Hall–Kier alpha value is -0.740. The molecule has 1 saturated heterocycles. The molecule has 1 aliphatic heterocycles. The van der Waals surface area contributed by atoms with E-state index >= 15 is 0 Å². The molecule has 1 unspecified atom stereocenters. The summed E-state index contributed by atoms with van der Waals surface area (Å²) in [5.74, 6) is 0.796. The molecular formula is C16H22BrNO2. The van der Waals surface area contributed by atoms with Crippen molar-refractivity contribution in [3.8, 4) is 5.75 Å². The molecule has 2 aliphatic rings. The number of anilines is 1. The van der Waals surface area contributed by atoms with Gasteiger partial charge in [0.15, 0.2) is 0 Å². The van der Waals surface area contributed by atoms with Gasteiger partial charge in [-0.2, -0.15) is 0 Å². The molecule has 1 atom stereocenters. The number of halogens is 1. The highest BCUT2D eigenvalue weighted by atomic mass is 79.9. The van der Waals surface area contributed by atoms with Gasteiger partial charge >= 0.3 is 0 Å². The fraction of sp³-hybridized carbons (Fsp3) is 0.625. The van der Waals surface area contributed by atoms with Crippen LogP contribution in [0, 0.1) is 6.92 Å². The topological polar surface area (TPSA) is 44.5 Å². The summed E-state index contributed by atoms with van der Waals surface area (Å²) < 4.78 is 13.2. The van der Waals surface area contributed by atoms with E-state index in [0.717, 1.165) is 22.2 Å². The monoisotopic (exact) mass is 339 g/mol. The Bertz CT molecular complexity index is 474. The van der Waals surface area contributed by atoms with Crippen LogP contribution in [0.4, 0.5) is 5.69 Å². The molecule has 1 heterocycles. The van der Waals surface area contributed by atoms with Crippen molar-refractivity contribution in [2.45, 2.75) is 57.2 Å². The van der Waals surface area contributed by atoms with E-state index in [1.165, 1.54) is 32.1 Å². The van der Waals surface area contributed by atoms with E-state index < -0.39 is 0 Å². The van der Waals surface area contributed by atoms with Crippen LogP contribution in [-0.4, -0.2) is 18.3 Å².